The van der Waals surface area contributed by atoms with Crippen LogP contribution in [0.1, 0.15) is 16.8 Å². The first-order chi connectivity index (χ1) is 12.7. The maximum Gasteiger partial charge on any atom is 0.325 e. The van der Waals surface area contributed by atoms with Gasteiger partial charge in [0.15, 0.2) is 0 Å². The molecule has 0 saturated carbocycles. The summed E-state index contributed by atoms with van der Waals surface area (Å²) in [6, 6.07) is 10.7. The Morgan fingerprint density at radius 2 is 1.93 bits per heavy atom. The van der Waals surface area contributed by atoms with Gasteiger partial charge in [-0.25, -0.2) is 12.8 Å². The fraction of sp³-hybridized carbons (Fsp3) is 0.211. The van der Waals surface area contributed by atoms with Crippen LogP contribution in [0.2, 0.25) is 0 Å². The van der Waals surface area contributed by atoms with E-state index in [0.29, 0.717) is 16.5 Å². The number of methoxy groups -OCH3 is 1. The van der Waals surface area contributed by atoms with Crippen LogP contribution in [-0.2, 0) is 31.5 Å². The fourth-order valence-corrected chi connectivity index (χ4v) is 4.37. The maximum absolute atomic E-state index is 13.9. The Morgan fingerprint density at radius 1 is 1.22 bits per heavy atom. The lowest BCUT2D eigenvalue weighted by molar-refractivity contribution is -0.141. The van der Waals surface area contributed by atoms with Gasteiger partial charge in [0, 0.05) is 33.7 Å². The SMILES string of the molecule is COC(=O)Cn1c(C)c(Cc2ccccc2S(=O)(=O)Cl)c2cc(F)ccc21. The van der Waals surface area contributed by atoms with E-state index in [-0.39, 0.29) is 17.9 Å². The lowest BCUT2D eigenvalue weighted by atomic mass is 10.0. The van der Waals surface area contributed by atoms with Crippen molar-refractivity contribution in [1.82, 2.24) is 4.57 Å². The Labute approximate surface area is 160 Å². The highest BCUT2D eigenvalue weighted by Crippen LogP contribution is 2.31. The first kappa shape index (κ1) is 19.4. The van der Waals surface area contributed by atoms with Crippen molar-refractivity contribution in [2.75, 3.05) is 7.11 Å². The molecule has 0 aliphatic heterocycles. The summed E-state index contributed by atoms with van der Waals surface area (Å²) >= 11 is 0. The van der Waals surface area contributed by atoms with Crippen LogP contribution in [-0.4, -0.2) is 26.1 Å². The van der Waals surface area contributed by atoms with Gasteiger partial charge in [0.25, 0.3) is 9.05 Å². The Bertz CT molecular complexity index is 1140. The number of rotatable bonds is 5. The Morgan fingerprint density at radius 3 is 2.59 bits per heavy atom. The van der Waals surface area contributed by atoms with Gasteiger partial charge in [-0.3, -0.25) is 4.79 Å². The zero-order valence-electron chi connectivity index (χ0n) is 14.7. The summed E-state index contributed by atoms with van der Waals surface area (Å²) in [5.74, 6) is -0.855. The molecule has 0 amide bonds. The molecule has 0 aliphatic carbocycles. The van der Waals surface area contributed by atoms with Gasteiger partial charge in [-0.2, -0.15) is 0 Å². The Hall–Kier alpha value is -2.38. The van der Waals surface area contributed by atoms with E-state index in [4.69, 9.17) is 15.4 Å². The van der Waals surface area contributed by atoms with Crippen LogP contribution in [0.4, 0.5) is 4.39 Å². The highest BCUT2D eigenvalue weighted by Gasteiger charge is 2.21. The summed E-state index contributed by atoms with van der Waals surface area (Å²) in [6.07, 6.45) is 0.224. The number of benzene rings is 2. The molecule has 0 unspecified atom stereocenters. The van der Waals surface area contributed by atoms with E-state index >= 15 is 0 Å². The number of esters is 1. The molecule has 5 nitrogen and oxygen atoms in total. The van der Waals surface area contributed by atoms with Crippen molar-refractivity contribution in [3.05, 3.63) is 65.1 Å². The predicted molar refractivity (Wildman–Crippen MR) is 101 cm³/mol. The largest absolute Gasteiger partial charge is 0.468 e. The third-order valence-electron chi connectivity index (χ3n) is 4.53. The Kier molecular flexibility index (Phi) is 5.26. The van der Waals surface area contributed by atoms with Crippen molar-refractivity contribution >= 4 is 36.6 Å². The van der Waals surface area contributed by atoms with E-state index in [2.05, 4.69) is 0 Å². The number of fused-ring (bicyclic) bond motifs is 1. The summed E-state index contributed by atoms with van der Waals surface area (Å²) in [6.45, 7) is 1.77. The quantitative estimate of drug-likeness (QED) is 0.475. The number of carbonyl (C=O) groups excluding carboxylic acids is 1. The molecule has 8 heteroatoms. The second-order valence-electron chi connectivity index (χ2n) is 6.11. The van der Waals surface area contributed by atoms with Crippen molar-refractivity contribution in [2.24, 2.45) is 0 Å². The van der Waals surface area contributed by atoms with Gasteiger partial charge in [-0.05, 0) is 42.3 Å². The molecule has 3 rings (SSSR count). The maximum atomic E-state index is 13.9. The van der Waals surface area contributed by atoms with Crippen molar-refractivity contribution < 1.29 is 22.3 Å². The molecule has 27 heavy (non-hydrogen) atoms. The zero-order valence-corrected chi connectivity index (χ0v) is 16.3. The second kappa shape index (κ2) is 7.32. The third kappa shape index (κ3) is 3.84. The van der Waals surface area contributed by atoms with E-state index in [1.807, 2.05) is 0 Å². The van der Waals surface area contributed by atoms with Crippen molar-refractivity contribution in [3.8, 4) is 0 Å². The lowest BCUT2D eigenvalue weighted by Gasteiger charge is -2.09. The molecular weight excluding hydrogens is 393 g/mol. The van der Waals surface area contributed by atoms with Gasteiger partial charge in [0.1, 0.15) is 12.4 Å². The van der Waals surface area contributed by atoms with E-state index in [1.165, 1.54) is 25.3 Å². The zero-order chi connectivity index (χ0) is 19.8. The fourth-order valence-electron chi connectivity index (χ4n) is 3.22. The van der Waals surface area contributed by atoms with Gasteiger partial charge in [0.05, 0.1) is 12.0 Å². The van der Waals surface area contributed by atoms with Crippen molar-refractivity contribution in [3.63, 3.8) is 0 Å². The first-order valence-electron chi connectivity index (χ1n) is 8.09. The van der Waals surface area contributed by atoms with Crippen LogP contribution >= 0.6 is 10.7 Å². The Balaban J connectivity index is 2.20. The standard InChI is InChI=1S/C19H17ClFNO4S/c1-12-15(9-13-5-3-4-6-18(13)27(20,24)25)16-10-14(21)7-8-17(16)22(12)11-19(23)26-2/h3-8,10H,9,11H2,1-2H3. The molecule has 0 bridgehead atoms. The lowest BCUT2D eigenvalue weighted by Crippen LogP contribution is -2.12. The predicted octanol–water partition coefficient (Wildman–Crippen LogP) is 3.78. The smallest absolute Gasteiger partial charge is 0.325 e. The normalized spacial score (nSPS) is 11.7. The molecule has 0 atom stereocenters. The van der Waals surface area contributed by atoms with E-state index in [0.717, 1.165) is 11.3 Å². The highest BCUT2D eigenvalue weighted by molar-refractivity contribution is 8.13. The van der Waals surface area contributed by atoms with E-state index < -0.39 is 20.8 Å². The van der Waals surface area contributed by atoms with Crippen molar-refractivity contribution in [2.45, 2.75) is 24.8 Å². The number of hydrogen-bond acceptors (Lipinski definition) is 4. The topological polar surface area (TPSA) is 65.4 Å². The van der Waals surface area contributed by atoms with Gasteiger partial charge in [-0.1, -0.05) is 18.2 Å². The van der Waals surface area contributed by atoms with E-state index in [9.17, 15) is 17.6 Å². The molecule has 1 aromatic heterocycles. The van der Waals surface area contributed by atoms with Crippen LogP contribution in [0.15, 0.2) is 47.4 Å². The molecule has 0 aliphatic rings. The minimum atomic E-state index is -3.93. The van der Waals surface area contributed by atoms with E-state index in [1.54, 1.807) is 35.8 Å². The summed E-state index contributed by atoms with van der Waals surface area (Å²) < 4.78 is 44.1. The number of carbonyl (C=O) groups is 1. The van der Waals surface area contributed by atoms with Crippen molar-refractivity contribution in [1.29, 1.82) is 0 Å². The third-order valence-corrected chi connectivity index (χ3v) is 5.96. The van der Waals surface area contributed by atoms with Crippen LogP contribution in [0.3, 0.4) is 0 Å². The summed E-state index contributed by atoms with van der Waals surface area (Å²) in [4.78, 5) is 11.8. The number of halogens is 2. The van der Waals surface area contributed by atoms with Crippen LogP contribution in [0.5, 0.6) is 0 Å². The second-order valence-corrected chi connectivity index (χ2v) is 8.64. The number of aromatic nitrogens is 1. The molecule has 3 aromatic rings. The minimum absolute atomic E-state index is 0.0105. The number of nitrogens with zero attached hydrogens (tertiary/aromatic N) is 1. The summed E-state index contributed by atoms with van der Waals surface area (Å²) in [7, 11) is 2.92. The monoisotopic (exact) mass is 409 g/mol. The number of ether oxygens (including phenoxy) is 1. The molecule has 1 heterocycles. The molecule has 0 radical (unpaired) electrons. The molecule has 142 valence electrons. The molecule has 2 aromatic carbocycles. The number of hydrogen-bond donors (Lipinski definition) is 0. The molecule has 0 fully saturated rings. The van der Waals surface area contributed by atoms with Crippen LogP contribution in [0.25, 0.3) is 10.9 Å². The molecule has 0 saturated heterocycles. The first-order valence-corrected chi connectivity index (χ1v) is 10.4. The molecular formula is C19H17ClFNO4S. The summed E-state index contributed by atoms with van der Waals surface area (Å²) in [5, 5.41) is 0.609. The van der Waals surface area contributed by atoms with Gasteiger partial charge in [-0.15, -0.1) is 0 Å². The average Bonchev–Trinajstić information content (AvgIpc) is 2.86. The molecule has 0 spiro atoms. The highest BCUT2D eigenvalue weighted by atomic mass is 35.7. The summed E-state index contributed by atoms with van der Waals surface area (Å²) in [5.41, 5.74) is 2.61. The molecule has 0 N–H and O–H groups in total. The van der Waals surface area contributed by atoms with Gasteiger partial charge < -0.3 is 9.30 Å². The van der Waals surface area contributed by atoms with Crippen LogP contribution < -0.4 is 0 Å². The van der Waals surface area contributed by atoms with Crippen LogP contribution in [0, 0.1) is 12.7 Å². The minimum Gasteiger partial charge on any atom is -0.468 e. The average molecular weight is 410 g/mol. The van der Waals surface area contributed by atoms with Gasteiger partial charge >= 0.3 is 5.97 Å². The van der Waals surface area contributed by atoms with Gasteiger partial charge in [0.2, 0.25) is 0 Å².